The number of hydrogen-bond donors (Lipinski definition) is 1. The Labute approximate surface area is 172 Å². The van der Waals surface area contributed by atoms with Crippen LogP contribution in [0.25, 0.3) is 17.2 Å². The van der Waals surface area contributed by atoms with Gasteiger partial charge in [-0.2, -0.15) is 0 Å². The van der Waals surface area contributed by atoms with Crippen LogP contribution in [-0.4, -0.2) is 46.6 Å². The number of fused-ring (bicyclic) bond motifs is 1. The maximum Gasteiger partial charge on any atom is 0.242 e. The molecule has 1 saturated heterocycles. The van der Waals surface area contributed by atoms with Crippen LogP contribution in [0.2, 0.25) is 10.0 Å². The van der Waals surface area contributed by atoms with Gasteiger partial charge in [0.05, 0.1) is 23.1 Å². The number of amides is 1. The lowest BCUT2D eigenvalue weighted by Crippen LogP contribution is -2.39. The Kier molecular flexibility index (Phi) is 5.32. The van der Waals surface area contributed by atoms with Gasteiger partial charge in [-0.1, -0.05) is 47.5 Å². The molecule has 146 valence electrons. The molecule has 1 amide bonds. The monoisotopic (exact) mass is 420 g/mol. The average Bonchev–Trinajstić information content (AvgIpc) is 3.12. The van der Waals surface area contributed by atoms with Gasteiger partial charge in [0, 0.05) is 18.3 Å². The molecule has 1 N–H and O–H groups in total. The van der Waals surface area contributed by atoms with E-state index in [1.54, 1.807) is 23.2 Å². The number of nitrogens with zero attached hydrogens (tertiary/aromatic N) is 2. The minimum Gasteiger partial charge on any atom is -0.369 e. The molecule has 0 radical (unpaired) electrons. The zero-order valence-electron chi connectivity index (χ0n) is 15.0. The molecule has 2 heterocycles. The number of halogens is 3. The lowest BCUT2D eigenvalue weighted by Gasteiger charge is -2.33. The summed E-state index contributed by atoms with van der Waals surface area (Å²) in [5.41, 5.74) is 3.20. The predicted octanol–water partition coefficient (Wildman–Crippen LogP) is 4.51. The van der Waals surface area contributed by atoms with E-state index in [4.69, 9.17) is 23.2 Å². The Morgan fingerprint density at radius 1 is 1.21 bits per heavy atom. The minimum atomic E-state index is -1.00. The van der Waals surface area contributed by atoms with Gasteiger partial charge in [0.1, 0.15) is 6.17 Å². The van der Waals surface area contributed by atoms with Gasteiger partial charge in [-0.25, -0.2) is 4.39 Å². The summed E-state index contributed by atoms with van der Waals surface area (Å²) < 4.78 is 13.4. The molecule has 2 aliphatic heterocycles. The third-order valence-electron chi connectivity index (χ3n) is 5.19. The van der Waals surface area contributed by atoms with E-state index in [9.17, 15) is 14.3 Å². The van der Waals surface area contributed by atoms with E-state index in [0.29, 0.717) is 28.6 Å². The third-order valence-corrected chi connectivity index (χ3v) is 5.93. The standard InChI is InChI=1S/C21H19Cl2FN2O2/c22-17-5-4-14(10-18(17)23)16-3-1-2-13-6-8-26(21(28)20(13)16)12-19(27)25-9-7-15(24)11-25/h1-6,8,10,15,21,28H,7,9,11-12H2. The van der Waals surface area contributed by atoms with Gasteiger partial charge in [-0.3, -0.25) is 4.79 Å². The Hall–Kier alpha value is -2.08. The number of aliphatic hydroxyl groups excluding tert-OH is 1. The second-order valence-corrected chi connectivity index (χ2v) is 7.84. The Balaban J connectivity index is 1.62. The summed E-state index contributed by atoms with van der Waals surface area (Å²) >= 11 is 12.2. The van der Waals surface area contributed by atoms with E-state index in [-0.39, 0.29) is 19.0 Å². The smallest absolute Gasteiger partial charge is 0.242 e. The van der Waals surface area contributed by atoms with Crippen LogP contribution in [0.3, 0.4) is 0 Å². The first-order chi connectivity index (χ1) is 13.4. The third kappa shape index (κ3) is 3.62. The molecule has 4 rings (SSSR count). The van der Waals surface area contributed by atoms with Crippen molar-refractivity contribution in [1.82, 2.24) is 9.80 Å². The molecule has 1 fully saturated rings. The van der Waals surface area contributed by atoms with Crippen molar-refractivity contribution in [2.75, 3.05) is 19.6 Å². The number of benzene rings is 2. The Morgan fingerprint density at radius 2 is 2.04 bits per heavy atom. The lowest BCUT2D eigenvalue weighted by atomic mass is 9.92. The van der Waals surface area contributed by atoms with Crippen LogP contribution in [0.5, 0.6) is 0 Å². The summed E-state index contributed by atoms with van der Waals surface area (Å²) in [7, 11) is 0. The fourth-order valence-electron chi connectivity index (χ4n) is 3.69. The maximum absolute atomic E-state index is 13.4. The number of hydrogen-bond acceptors (Lipinski definition) is 3. The fraction of sp³-hybridized carbons (Fsp3) is 0.286. The molecule has 2 atom stereocenters. The molecule has 2 aromatic rings. The van der Waals surface area contributed by atoms with Gasteiger partial charge >= 0.3 is 0 Å². The highest BCUT2D eigenvalue weighted by Crippen LogP contribution is 2.38. The van der Waals surface area contributed by atoms with Gasteiger partial charge in [0.2, 0.25) is 5.91 Å². The van der Waals surface area contributed by atoms with Crippen molar-refractivity contribution in [3.8, 4) is 11.1 Å². The highest BCUT2D eigenvalue weighted by Gasteiger charge is 2.30. The number of rotatable bonds is 3. The van der Waals surface area contributed by atoms with E-state index in [1.165, 1.54) is 4.90 Å². The molecule has 2 aliphatic rings. The molecule has 0 bridgehead atoms. The lowest BCUT2D eigenvalue weighted by molar-refractivity contribution is -0.133. The first kappa shape index (κ1) is 19.2. The summed E-state index contributed by atoms with van der Waals surface area (Å²) in [5, 5.41) is 11.9. The molecule has 2 aromatic carbocycles. The fourth-order valence-corrected chi connectivity index (χ4v) is 3.99. The topological polar surface area (TPSA) is 43.8 Å². The van der Waals surface area contributed by atoms with Gasteiger partial charge < -0.3 is 14.9 Å². The van der Waals surface area contributed by atoms with Crippen molar-refractivity contribution in [2.45, 2.75) is 18.8 Å². The average molecular weight is 421 g/mol. The van der Waals surface area contributed by atoms with Crippen molar-refractivity contribution in [2.24, 2.45) is 0 Å². The first-order valence-electron chi connectivity index (χ1n) is 9.06. The van der Waals surface area contributed by atoms with Crippen molar-refractivity contribution in [3.05, 3.63) is 63.8 Å². The molecule has 0 aromatic heterocycles. The van der Waals surface area contributed by atoms with Crippen molar-refractivity contribution >= 4 is 35.2 Å². The van der Waals surface area contributed by atoms with Crippen LogP contribution in [-0.2, 0) is 4.79 Å². The zero-order chi connectivity index (χ0) is 19.8. The van der Waals surface area contributed by atoms with Crippen LogP contribution < -0.4 is 0 Å². The van der Waals surface area contributed by atoms with Crippen LogP contribution in [0.1, 0.15) is 23.8 Å². The van der Waals surface area contributed by atoms with Crippen LogP contribution in [0.15, 0.2) is 42.6 Å². The number of alkyl halides is 1. The van der Waals surface area contributed by atoms with E-state index >= 15 is 0 Å². The van der Waals surface area contributed by atoms with Gasteiger partial charge in [-0.15, -0.1) is 0 Å². The Bertz CT molecular complexity index is 950. The largest absolute Gasteiger partial charge is 0.369 e. The summed E-state index contributed by atoms with van der Waals surface area (Å²) in [6, 6.07) is 11.0. The predicted molar refractivity (Wildman–Crippen MR) is 109 cm³/mol. The number of carbonyl (C=O) groups excluding carboxylic acids is 1. The van der Waals surface area contributed by atoms with E-state index < -0.39 is 12.4 Å². The van der Waals surface area contributed by atoms with Crippen LogP contribution in [0, 0.1) is 0 Å². The SMILES string of the molecule is O=C(CN1C=Cc2cccc(-c3ccc(Cl)c(Cl)c3)c2C1O)N1CCC(F)C1. The van der Waals surface area contributed by atoms with Gasteiger partial charge in [-0.05, 0) is 41.3 Å². The van der Waals surface area contributed by atoms with E-state index in [2.05, 4.69) is 0 Å². The molecular formula is C21H19Cl2FN2O2. The van der Waals surface area contributed by atoms with Crippen molar-refractivity contribution in [1.29, 1.82) is 0 Å². The second kappa shape index (κ2) is 7.74. The van der Waals surface area contributed by atoms with Crippen molar-refractivity contribution < 1.29 is 14.3 Å². The summed E-state index contributed by atoms with van der Waals surface area (Å²) in [6.45, 7) is 0.524. The highest BCUT2D eigenvalue weighted by atomic mass is 35.5. The van der Waals surface area contributed by atoms with Crippen LogP contribution in [0.4, 0.5) is 4.39 Å². The molecule has 2 unspecified atom stereocenters. The second-order valence-electron chi connectivity index (χ2n) is 7.02. The molecule has 7 heteroatoms. The molecule has 0 aliphatic carbocycles. The molecule has 0 saturated carbocycles. The molecular weight excluding hydrogens is 402 g/mol. The van der Waals surface area contributed by atoms with E-state index in [0.717, 1.165) is 16.7 Å². The Morgan fingerprint density at radius 3 is 2.75 bits per heavy atom. The number of aliphatic hydroxyl groups is 1. The normalized spacial score (nSPS) is 21.1. The summed E-state index contributed by atoms with van der Waals surface area (Å²) in [5.74, 6) is -0.195. The molecule has 0 spiro atoms. The minimum absolute atomic E-state index is 0.0144. The van der Waals surface area contributed by atoms with Crippen LogP contribution >= 0.6 is 23.2 Å². The van der Waals surface area contributed by atoms with Gasteiger partial charge in [0.25, 0.3) is 0 Å². The van der Waals surface area contributed by atoms with Gasteiger partial charge in [0.15, 0.2) is 6.23 Å². The molecule has 4 nitrogen and oxygen atoms in total. The quantitative estimate of drug-likeness (QED) is 0.794. The van der Waals surface area contributed by atoms with Crippen molar-refractivity contribution in [3.63, 3.8) is 0 Å². The summed E-state index contributed by atoms with van der Waals surface area (Å²) in [6.07, 6.45) is 1.96. The highest BCUT2D eigenvalue weighted by molar-refractivity contribution is 6.42. The number of likely N-dealkylation sites (tertiary alicyclic amines) is 1. The van der Waals surface area contributed by atoms with E-state index in [1.807, 2.05) is 30.3 Å². The maximum atomic E-state index is 13.4. The molecule has 28 heavy (non-hydrogen) atoms. The first-order valence-corrected chi connectivity index (χ1v) is 9.82. The zero-order valence-corrected chi connectivity index (χ0v) is 16.5. The summed E-state index contributed by atoms with van der Waals surface area (Å²) in [4.78, 5) is 15.6. The number of carbonyl (C=O) groups is 1.